The number of nitrogens with one attached hydrogen (secondary N) is 1. The second kappa shape index (κ2) is 9.18. The summed E-state index contributed by atoms with van der Waals surface area (Å²) in [6, 6.07) is 13.0. The molecular formula is C25H20F6N4. The third-order valence-corrected chi connectivity index (χ3v) is 5.46. The fourth-order valence-corrected chi connectivity index (χ4v) is 3.57. The molecule has 4 rings (SSSR count). The first-order chi connectivity index (χ1) is 16.5. The topological polar surface area (TPSA) is 63.8 Å². The van der Waals surface area contributed by atoms with E-state index in [0.29, 0.717) is 41.1 Å². The van der Waals surface area contributed by atoms with Gasteiger partial charge in [-0.3, -0.25) is 4.98 Å². The molecule has 2 heterocycles. The molecule has 182 valence electrons. The molecule has 1 unspecified atom stereocenters. The largest absolute Gasteiger partial charge is 0.416 e. The number of rotatable bonds is 5. The first kappa shape index (κ1) is 24.5. The molecule has 4 aromatic rings. The Morgan fingerprint density at radius 1 is 0.829 bits per heavy atom. The van der Waals surface area contributed by atoms with Gasteiger partial charge in [0.15, 0.2) is 0 Å². The summed E-state index contributed by atoms with van der Waals surface area (Å²) in [5.74, 6) is 0.525. The van der Waals surface area contributed by atoms with Crippen molar-refractivity contribution >= 4 is 16.7 Å². The van der Waals surface area contributed by atoms with Crippen molar-refractivity contribution in [2.75, 3.05) is 5.32 Å². The van der Waals surface area contributed by atoms with E-state index in [1.165, 1.54) is 12.1 Å². The van der Waals surface area contributed by atoms with E-state index < -0.39 is 23.5 Å². The van der Waals surface area contributed by atoms with E-state index in [-0.39, 0.29) is 23.4 Å². The number of hydrogen-bond acceptors (Lipinski definition) is 4. The van der Waals surface area contributed by atoms with Gasteiger partial charge in [0.05, 0.1) is 28.5 Å². The van der Waals surface area contributed by atoms with Gasteiger partial charge < -0.3 is 11.1 Å². The molecule has 0 saturated heterocycles. The average molecular weight is 490 g/mol. The summed E-state index contributed by atoms with van der Waals surface area (Å²) >= 11 is 0. The molecule has 0 bridgehead atoms. The molecular weight excluding hydrogens is 470 g/mol. The molecule has 0 saturated carbocycles. The molecule has 0 amide bonds. The van der Waals surface area contributed by atoms with Crippen LogP contribution in [-0.2, 0) is 12.4 Å². The van der Waals surface area contributed by atoms with E-state index in [1.807, 2.05) is 13.0 Å². The zero-order valence-electron chi connectivity index (χ0n) is 18.4. The summed E-state index contributed by atoms with van der Waals surface area (Å²) in [4.78, 5) is 8.98. The van der Waals surface area contributed by atoms with Crippen LogP contribution >= 0.6 is 0 Å². The van der Waals surface area contributed by atoms with Crippen LogP contribution in [0.1, 0.15) is 24.5 Å². The third-order valence-electron chi connectivity index (χ3n) is 5.46. The molecule has 0 spiro atoms. The monoisotopic (exact) mass is 490 g/mol. The van der Waals surface area contributed by atoms with E-state index in [1.54, 1.807) is 30.5 Å². The predicted octanol–water partition coefficient (Wildman–Crippen LogP) is 7.11. The van der Waals surface area contributed by atoms with Crippen LogP contribution in [0.3, 0.4) is 0 Å². The quantitative estimate of drug-likeness (QED) is 0.231. The van der Waals surface area contributed by atoms with E-state index in [0.717, 1.165) is 5.39 Å². The van der Waals surface area contributed by atoms with Crippen molar-refractivity contribution in [2.45, 2.75) is 31.9 Å². The van der Waals surface area contributed by atoms with Crippen molar-refractivity contribution in [1.29, 1.82) is 0 Å². The molecule has 2 aromatic carbocycles. The number of alkyl halides is 6. The first-order valence-electron chi connectivity index (χ1n) is 10.6. The standard InChI is InChI=1S/C25H20F6N4/c1-2-22(32)35-23-19-4-3-9-33-21(19)13-20(34-23)15-7-5-14(6-8-15)16-10-17(24(26,27)28)12-18(11-16)25(29,30)31/h3-13,22H,2,32H2,1H3,(H,34,35). The van der Waals surface area contributed by atoms with Crippen molar-refractivity contribution in [2.24, 2.45) is 5.73 Å². The maximum atomic E-state index is 13.2. The van der Waals surface area contributed by atoms with Gasteiger partial charge in [0, 0.05) is 17.1 Å². The number of nitrogens with two attached hydrogens (primary N) is 1. The highest BCUT2D eigenvalue weighted by Gasteiger charge is 2.37. The lowest BCUT2D eigenvalue weighted by Gasteiger charge is -2.16. The average Bonchev–Trinajstić information content (AvgIpc) is 2.82. The fraction of sp³-hybridized carbons (Fsp3) is 0.200. The summed E-state index contributed by atoms with van der Waals surface area (Å²) in [5.41, 5.74) is 5.09. The summed E-state index contributed by atoms with van der Waals surface area (Å²) in [6.07, 6.45) is -7.89. The number of benzene rings is 2. The second-order valence-corrected chi connectivity index (χ2v) is 7.96. The Morgan fingerprint density at radius 3 is 2.00 bits per heavy atom. The number of halogens is 6. The van der Waals surface area contributed by atoms with Crippen molar-refractivity contribution in [3.63, 3.8) is 0 Å². The Kier molecular flexibility index (Phi) is 6.42. The van der Waals surface area contributed by atoms with Gasteiger partial charge in [-0.05, 0) is 53.9 Å². The minimum atomic E-state index is -4.92. The van der Waals surface area contributed by atoms with Gasteiger partial charge in [-0.1, -0.05) is 31.2 Å². The molecule has 0 fully saturated rings. The Bertz CT molecular complexity index is 1310. The number of anilines is 1. The van der Waals surface area contributed by atoms with Gasteiger partial charge in [-0.15, -0.1) is 0 Å². The smallest absolute Gasteiger partial charge is 0.354 e. The molecule has 0 radical (unpaired) electrons. The lowest BCUT2D eigenvalue weighted by atomic mass is 9.97. The SMILES string of the molecule is CCC(N)Nc1nc(-c2ccc(-c3cc(C(F)(F)F)cc(C(F)(F)F)c3)cc2)cc2ncccc12. The molecule has 3 N–H and O–H groups in total. The predicted molar refractivity (Wildman–Crippen MR) is 122 cm³/mol. The fourth-order valence-electron chi connectivity index (χ4n) is 3.57. The highest BCUT2D eigenvalue weighted by atomic mass is 19.4. The zero-order valence-corrected chi connectivity index (χ0v) is 18.4. The van der Waals surface area contributed by atoms with E-state index in [9.17, 15) is 26.3 Å². The van der Waals surface area contributed by atoms with Gasteiger partial charge in [0.1, 0.15) is 5.82 Å². The molecule has 0 aliphatic carbocycles. The molecule has 35 heavy (non-hydrogen) atoms. The lowest BCUT2D eigenvalue weighted by Crippen LogP contribution is -2.29. The minimum absolute atomic E-state index is 0.111. The molecule has 0 aliphatic rings. The number of fused-ring (bicyclic) bond motifs is 1. The van der Waals surface area contributed by atoms with E-state index in [4.69, 9.17) is 5.73 Å². The van der Waals surface area contributed by atoms with Gasteiger partial charge in [0.2, 0.25) is 0 Å². The first-order valence-corrected chi connectivity index (χ1v) is 10.6. The Hall–Kier alpha value is -3.66. The third kappa shape index (κ3) is 5.37. The number of pyridine rings is 2. The molecule has 10 heteroatoms. The second-order valence-electron chi connectivity index (χ2n) is 7.96. The summed E-state index contributed by atoms with van der Waals surface area (Å²) in [5, 5.41) is 3.90. The van der Waals surface area contributed by atoms with Crippen LogP contribution in [-0.4, -0.2) is 16.1 Å². The highest BCUT2D eigenvalue weighted by Crippen LogP contribution is 2.39. The normalized spacial score (nSPS) is 13.1. The van der Waals surface area contributed by atoms with Crippen LogP contribution in [0.4, 0.5) is 32.2 Å². The van der Waals surface area contributed by atoms with Crippen molar-refractivity contribution in [1.82, 2.24) is 9.97 Å². The maximum absolute atomic E-state index is 13.2. The minimum Gasteiger partial charge on any atom is -0.354 e. The Morgan fingerprint density at radius 2 is 1.43 bits per heavy atom. The Balaban J connectivity index is 1.76. The summed E-state index contributed by atoms with van der Waals surface area (Å²) < 4.78 is 79.3. The summed E-state index contributed by atoms with van der Waals surface area (Å²) in [7, 11) is 0. The van der Waals surface area contributed by atoms with Crippen molar-refractivity contribution in [3.05, 3.63) is 78.0 Å². The van der Waals surface area contributed by atoms with Crippen LogP contribution < -0.4 is 11.1 Å². The van der Waals surface area contributed by atoms with Gasteiger partial charge in [-0.2, -0.15) is 26.3 Å². The Labute approximate surface area is 196 Å². The van der Waals surface area contributed by atoms with E-state index in [2.05, 4.69) is 15.3 Å². The van der Waals surface area contributed by atoms with Crippen LogP contribution in [0.15, 0.2) is 66.9 Å². The molecule has 4 nitrogen and oxygen atoms in total. The number of aromatic nitrogens is 2. The van der Waals surface area contributed by atoms with E-state index >= 15 is 0 Å². The zero-order chi connectivity index (χ0) is 25.4. The maximum Gasteiger partial charge on any atom is 0.416 e. The highest BCUT2D eigenvalue weighted by molar-refractivity contribution is 5.92. The number of nitrogens with zero attached hydrogens (tertiary/aromatic N) is 2. The van der Waals surface area contributed by atoms with Gasteiger partial charge >= 0.3 is 12.4 Å². The lowest BCUT2D eigenvalue weighted by molar-refractivity contribution is -0.143. The van der Waals surface area contributed by atoms with Crippen LogP contribution in [0, 0.1) is 0 Å². The molecule has 2 aromatic heterocycles. The van der Waals surface area contributed by atoms with Crippen LogP contribution in [0.2, 0.25) is 0 Å². The van der Waals surface area contributed by atoms with Crippen LogP contribution in [0.25, 0.3) is 33.3 Å². The number of hydrogen-bond donors (Lipinski definition) is 2. The molecule has 0 aliphatic heterocycles. The van der Waals surface area contributed by atoms with Gasteiger partial charge in [0.25, 0.3) is 0 Å². The van der Waals surface area contributed by atoms with Crippen molar-refractivity contribution < 1.29 is 26.3 Å². The van der Waals surface area contributed by atoms with Crippen LogP contribution in [0.5, 0.6) is 0 Å². The van der Waals surface area contributed by atoms with Gasteiger partial charge in [-0.25, -0.2) is 4.98 Å². The molecule has 1 atom stereocenters. The summed E-state index contributed by atoms with van der Waals surface area (Å²) in [6.45, 7) is 1.92. The van der Waals surface area contributed by atoms with Crippen molar-refractivity contribution in [3.8, 4) is 22.4 Å².